The highest BCUT2D eigenvalue weighted by Gasteiger charge is 2.24. The van der Waals surface area contributed by atoms with E-state index in [9.17, 15) is 14.0 Å². The van der Waals surface area contributed by atoms with Gasteiger partial charge in [0.1, 0.15) is 5.82 Å². The molecule has 0 spiro atoms. The van der Waals surface area contributed by atoms with Gasteiger partial charge in [0.05, 0.1) is 5.69 Å². The van der Waals surface area contributed by atoms with Crippen LogP contribution in [0, 0.1) is 5.82 Å². The first-order valence-electron chi connectivity index (χ1n) is 6.63. The molecular weight excluding hydrogens is 263 g/mol. The monoisotopic (exact) mass is 280 g/mol. The zero-order valence-corrected chi connectivity index (χ0v) is 11.1. The second kappa shape index (κ2) is 6.36. The van der Waals surface area contributed by atoms with Crippen molar-refractivity contribution in [1.82, 2.24) is 5.32 Å². The molecule has 2 amide bonds. The quantitative estimate of drug-likeness (QED) is 0.812. The Hall–Kier alpha value is -2.11. The van der Waals surface area contributed by atoms with Crippen LogP contribution in [-0.4, -0.2) is 30.2 Å². The maximum absolute atomic E-state index is 13.2. The molecule has 0 saturated carbocycles. The second-order valence-corrected chi connectivity index (χ2v) is 4.76. The van der Waals surface area contributed by atoms with Crippen molar-refractivity contribution in [2.75, 3.05) is 18.0 Å². The highest BCUT2D eigenvalue weighted by atomic mass is 19.1. The predicted molar refractivity (Wildman–Crippen MR) is 72.3 cm³/mol. The molecule has 0 aliphatic carbocycles. The SMILES string of the molecule is O=C(O)CCCCNC(=O)N1CCc2ccc(F)cc21. The molecule has 108 valence electrons. The van der Waals surface area contributed by atoms with E-state index in [-0.39, 0.29) is 18.3 Å². The summed E-state index contributed by atoms with van der Waals surface area (Å²) in [7, 11) is 0. The normalized spacial score (nSPS) is 13.2. The molecule has 2 N–H and O–H groups in total. The van der Waals surface area contributed by atoms with Gasteiger partial charge < -0.3 is 10.4 Å². The number of rotatable bonds is 5. The molecule has 2 rings (SSSR count). The molecule has 1 aliphatic heterocycles. The van der Waals surface area contributed by atoms with Crippen LogP contribution < -0.4 is 10.2 Å². The number of amides is 2. The number of carbonyl (C=O) groups excluding carboxylic acids is 1. The van der Waals surface area contributed by atoms with E-state index in [4.69, 9.17) is 5.11 Å². The van der Waals surface area contributed by atoms with Gasteiger partial charge in [-0.05, 0) is 37.0 Å². The molecule has 20 heavy (non-hydrogen) atoms. The van der Waals surface area contributed by atoms with Gasteiger partial charge in [-0.2, -0.15) is 0 Å². The minimum Gasteiger partial charge on any atom is -0.481 e. The molecule has 0 aromatic heterocycles. The number of unbranched alkanes of at least 4 members (excludes halogenated alkanes) is 1. The Labute approximate surface area is 116 Å². The molecule has 0 saturated heterocycles. The van der Waals surface area contributed by atoms with Crippen LogP contribution in [0.25, 0.3) is 0 Å². The lowest BCUT2D eigenvalue weighted by atomic mass is 10.2. The van der Waals surface area contributed by atoms with E-state index in [2.05, 4.69) is 5.32 Å². The predicted octanol–water partition coefficient (Wildman–Crippen LogP) is 2.15. The lowest BCUT2D eigenvalue weighted by Crippen LogP contribution is -2.39. The molecule has 5 nitrogen and oxygen atoms in total. The Morgan fingerprint density at radius 1 is 1.35 bits per heavy atom. The zero-order chi connectivity index (χ0) is 14.5. The second-order valence-electron chi connectivity index (χ2n) is 4.76. The topological polar surface area (TPSA) is 69.6 Å². The third kappa shape index (κ3) is 3.46. The molecule has 1 aliphatic rings. The van der Waals surface area contributed by atoms with Crippen LogP contribution in [0.3, 0.4) is 0 Å². The fourth-order valence-electron chi connectivity index (χ4n) is 2.26. The van der Waals surface area contributed by atoms with Crippen molar-refractivity contribution in [1.29, 1.82) is 0 Å². The molecule has 1 aromatic carbocycles. The molecule has 0 atom stereocenters. The number of carboxylic acids is 1. The van der Waals surface area contributed by atoms with E-state index in [1.54, 1.807) is 6.07 Å². The van der Waals surface area contributed by atoms with Crippen molar-refractivity contribution in [3.8, 4) is 0 Å². The van der Waals surface area contributed by atoms with E-state index >= 15 is 0 Å². The number of aliphatic carboxylic acids is 1. The Kier molecular flexibility index (Phi) is 4.55. The van der Waals surface area contributed by atoms with E-state index in [0.717, 1.165) is 12.0 Å². The Balaban J connectivity index is 1.83. The number of carboxylic acid groups (broad SMARTS) is 1. The third-order valence-corrected chi connectivity index (χ3v) is 3.28. The number of hydrogen-bond acceptors (Lipinski definition) is 2. The van der Waals surface area contributed by atoms with Crippen LogP contribution in [0.5, 0.6) is 0 Å². The number of nitrogens with one attached hydrogen (secondary N) is 1. The van der Waals surface area contributed by atoms with E-state index in [1.807, 2.05) is 0 Å². The Morgan fingerprint density at radius 3 is 2.90 bits per heavy atom. The largest absolute Gasteiger partial charge is 0.481 e. The molecular formula is C14H17FN2O3. The van der Waals surface area contributed by atoms with Crippen LogP contribution in [0.4, 0.5) is 14.9 Å². The van der Waals surface area contributed by atoms with Crippen LogP contribution >= 0.6 is 0 Å². The summed E-state index contributed by atoms with van der Waals surface area (Å²) >= 11 is 0. The first-order valence-corrected chi connectivity index (χ1v) is 6.63. The summed E-state index contributed by atoms with van der Waals surface area (Å²) < 4.78 is 13.2. The van der Waals surface area contributed by atoms with Gasteiger partial charge in [0.25, 0.3) is 0 Å². The zero-order valence-electron chi connectivity index (χ0n) is 11.1. The van der Waals surface area contributed by atoms with Crippen molar-refractivity contribution in [3.63, 3.8) is 0 Å². The lowest BCUT2D eigenvalue weighted by molar-refractivity contribution is -0.137. The van der Waals surface area contributed by atoms with E-state index in [0.29, 0.717) is 31.6 Å². The number of halogens is 1. The summed E-state index contributed by atoms with van der Waals surface area (Å²) in [5.41, 5.74) is 1.58. The van der Waals surface area contributed by atoms with Gasteiger partial charge in [0, 0.05) is 19.5 Å². The number of urea groups is 1. The van der Waals surface area contributed by atoms with Crippen molar-refractivity contribution >= 4 is 17.7 Å². The fourth-order valence-corrected chi connectivity index (χ4v) is 2.26. The van der Waals surface area contributed by atoms with Gasteiger partial charge in [-0.1, -0.05) is 6.07 Å². The number of carbonyl (C=O) groups is 2. The van der Waals surface area contributed by atoms with Gasteiger partial charge >= 0.3 is 12.0 Å². The maximum atomic E-state index is 13.2. The van der Waals surface area contributed by atoms with E-state index in [1.165, 1.54) is 17.0 Å². The average Bonchev–Trinajstić information content (AvgIpc) is 2.80. The van der Waals surface area contributed by atoms with Crippen LogP contribution in [0.1, 0.15) is 24.8 Å². The van der Waals surface area contributed by atoms with Gasteiger partial charge in [-0.3, -0.25) is 9.69 Å². The van der Waals surface area contributed by atoms with Crippen molar-refractivity contribution < 1.29 is 19.1 Å². The van der Waals surface area contributed by atoms with E-state index < -0.39 is 5.97 Å². The van der Waals surface area contributed by atoms with Crippen LogP contribution in [-0.2, 0) is 11.2 Å². The molecule has 0 fully saturated rings. The summed E-state index contributed by atoms with van der Waals surface area (Å²) in [4.78, 5) is 23.9. The molecule has 1 heterocycles. The number of fused-ring (bicyclic) bond motifs is 1. The van der Waals surface area contributed by atoms with Crippen molar-refractivity contribution in [3.05, 3.63) is 29.6 Å². The van der Waals surface area contributed by atoms with Crippen LogP contribution in [0.2, 0.25) is 0 Å². The molecule has 0 radical (unpaired) electrons. The number of nitrogens with zero attached hydrogens (tertiary/aromatic N) is 1. The standard InChI is InChI=1S/C14H17FN2O3/c15-11-5-4-10-6-8-17(12(10)9-11)14(20)16-7-2-1-3-13(18)19/h4-5,9H,1-3,6-8H2,(H,16,20)(H,18,19). The van der Waals surface area contributed by atoms with Gasteiger partial charge in [-0.25, -0.2) is 9.18 Å². The Bertz CT molecular complexity index is 519. The first-order chi connectivity index (χ1) is 9.58. The summed E-state index contributed by atoms with van der Waals surface area (Å²) in [6, 6.07) is 4.20. The number of benzene rings is 1. The van der Waals surface area contributed by atoms with Gasteiger partial charge in [-0.15, -0.1) is 0 Å². The highest BCUT2D eigenvalue weighted by Crippen LogP contribution is 2.28. The summed E-state index contributed by atoms with van der Waals surface area (Å²) in [5, 5.41) is 11.2. The Morgan fingerprint density at radius 2 is 2.15 bits per heavy atom. The van der Waals surface area contributed by atoms with Crippen molar-refractivity contribution in [2.45, 2.75) is 25.7 Å². The smallest absolute Gasteiger partial charge is 0.321 e. The highest BCUT2D eigenvalue weighted by molar-refractivity contribution is 5.94. The maximum Gasteiger partial charge on any atom is 0.321 e. The van der Waals surface area contributed by atoms with Gasteiger partial charge in [0.2, 0.25) is 0 Å². The number of anilines is 1. The lowest BCUT2D eigenvalue weighted by Gasteiger charge is -2.18. The molecule has 1 aromatic rings. The minimum absolute atomic E-state index is 0.105. The minimum atomic E-state index is -0.833. The summed E-state index contributed by atoms with van der Waals surface area (Å²) in [5.74, 6) is -1.19. The third-order valence-electron chi connectivity index (χ3n) is 3.28. The molecule has 0 unspecified atom stereocenters. The van der Waals surface area contributed by atoms with Crippen molar-refractivity contribution in [2.24, 2.45) is 0 Å². The molecule has 6 heteroatoms. The summed E-state index contributed by atoms with van der Waals surface area (Å²) in [6.07, 6.45) is 1.97. The fraction of sp³-hybridized carbons (Fsp3) is 0.429. The first kappa shape index (κ1) is 14.3. The number of hydrogen-bond donors (Lipinski definition) is 2. The van der Waals surface area contributed by atoms with Crippen LogP contribution in [0.15, 0.2) is 18.2 Å². The average molecular weight is 280 g/mol. The van der Waals surface area contributed by atoms with Gasteiger partial charge in [0.15, 0.2) is 0 Å². The molecule has 0 bridgehead atoms. The summed E-state index contributed by atoms with van der Waals surface area (Å²) in [6.45, 7) is 0.965.